The molecular weight excluding hydrogens is 513 g/mol. The number of benzene rings is 1. The lowest BCUT2D eigenvalue weighted by atomic mass is 9.72. The van der Waals surface area contributed by atoms with Crippen molar-refractivity contribution in [2.24, 2.45) is 11.1 Å². The molecule has 39 heavy (non-hydrogen) atoms. The largest absolute Gasteiger partial charge is 0.487 e. The van der Waals surface area contributed by atoms with Gasteiger partial charge in [-0.3, -0.25) is 4.98 Å². The minimum Gasteiger partial charge on any atom is -0.487 e. The third-order valence-electron chi connectivity index (χ3n) is 6.86. The van der Waals surface area contributed by atoms with E-state index in [1.165, 1.54) is 6.08 Å². The molecule has 208 valence electrons. The lowest BCUT2D eigenvalue weighted by Crippen LogP contribution is -2.44. The molecule has 7 nitrogen and oxygen atoms in total. The SMILES string of the molecule is CCCC1=C(OC(C(=O)O)c2ccc(OCc3ccccn3)cc2)C(CCC)C2(C)ON=C(C(F)(F)F)C2=C1. The fourth-order valence-electron chi connectivity index (χ4n) is 4.95. The van der Waals surface area contributed by atoms with E-state index in [4.69, 9.17) is 14.3 Å². The lowest BCUT2D eigenvalue weighted by molar-refractivity contribution is -0.150. The Kier molecular flexibility index (Phi) is 8.32. The highest BCUT2D eigenvalue weighted by Gasteiger charge is 2.57. The van der Waals surface area contributed by atoms with Crippen LogP contribution >= 0.6 is 0 Å². The zero-order valence-corrected chi connectivity index (χ0v) is 22.0. The van der Waals surface area contributed by atoms with Gasteiger partial charge in [0.25, 0.3) is 0 Å². The van der Waals surface area contributed by atoms with Crippen molar-refractivity contribution in [2.75, 3.05) is 0 Å². The Morgan fingerprint density at radius 2 is 1.90 bits per heavy atom. The zero-order chi connectivity index (χ0) is 28.2. The second-order valence-corrected chi connectivity index (χ2v) is 9.69. The van der Waals surface area contributed by atoms with Crippen LogP contribution in [0.4, 0.5) is 13.2 Å². The van der Waals surface area contributed by atoms with Gasteiger partial charge in [0.1, 0.15) is 18.1 Å². The van der Waals surface area contributed by atoms with E-state index in [0.717, 1.165) is 5.69 Å². The van der Waals surface area contributed by atoms with Gasteiger partial charge in [0.2, 0.25) is 6.10 Å². The molecule has 2 heterocycles. The van der Waals surface area contributed by atoms with Gasteiger partial charge in [0.05, 0.1) is 11.6 Å². The fraction of sp³-hybridized carbons (Fsp3) is 0.414. The molecule has 1 N–H and O–H groups in total. The number of ether oxygens (including phenoxy) is 2. The molecule has 3 atom stereocenters. The summed E-state index contributed by atoms with van der Waals surface area (Å²) in [4.78, 5) is 22.0. The number of pyridine rings is 1. The number of carboxylic acid groups (broad SMARTS) is 1. The molecule has 0 fully saturated rings. The van der Waals surface area contributed by atoms with Crippen molar-refractivity contribution in [1.82, 2.24) is 4.98 Å². The number of aliphatic carboxylic acids is 1. The second kappa shape index (κ2) is 11.5. The van der Waals surface area contributed by atoms with Gasteiger partial charge >= 0.3 is 12.1 Å². The number of allylic oxidation sites excluding steroid dienone is 2. The summed E-state index contributed by atoms with van der Waals surface area (Å²) in [5, 5.41) is 13.5. The first-order valence-corrected chi connectivity index (χ1v) is 12.9. The van der Waals surface area contributed by atoms with Gasteiger partial charge in [-0.25, -0.2) is 4.79 Å². The molecule has 4 rings (SSSR count). The molecule has 2 aromatic rings. The summed E-state index contributed by atoms with van der Waals surface area (Å²) in [6.45, 7) is 5.60. The Balaban J connectivity index is 1.65. The van der Waals surface area contributed by atoms with Gasteiger partial charge in [0, 0.05) is 17.3 Å². The minimum absolute atomic E-state index is 0.0504. The number of hydrogen-bond acceptors (Lipinski definition) is 6. The number of carboxylic acids is 1. The second-order valence-electron chi connectivity index (χ2n) is 9.69. The van der Waals surface area contributed by atoms with E-state index in [1.807, 2.05) is 26.0 Å². The predicted molar refractivity (Wildman–Crippen MR) is 138 cm³/mol. The maximum absolute atomic E-state index is 13.8. The first-order valence-electron chi connectivity index (χ1n) is 12.9. The maximum Gasteiger partial charge on any atom is 0.437 e. The normalized spacial score (nSPS) is 21.4. The van der Waals surface area contributed by atoms with Crippen molar-refractivity contribution >= 4 is 11.7 Å². The summed E-state index contributed by atoms with van der Waals surface area (Å²) in [5.41, 5.74) is -0.908. The summed E-state index contributed by atoms with van der Waals surface area (Å²) >= 11 is 0. The van der Waals surface area contributed by atoms with Gasteiger partial charge in [-0.15, -0.1) is 0 Å². The molecule has 0 spiro atoms. The number of oxime groups is 1. The number of hydrogen-bond donors (Lipinski definition) is 1. The van der Waals surface area contributed by atoms with Crippen LogP contribution in [0.5, 0.6) is 5.75 Å². The van der Waals surface area contributed by atoms with Crippen LogP contribution in [0.2, 0.25) is 0 Å². The van der Waals surface area contributed by atoms with E-state index in [-0.39, 0.29) is 12.2 Å². The van der Waals surface area contributed by atoms with Gasteiger partial charge in [-0.2, -0.15) is 13.2 Å². The molecule has 0 bridgehead atoms. The minimum atomic E-state index is -4.68. The fourth-order valence-corrected chi connectivity index (χ4v) is 4.95. The maximum atomic E-state index is 13.8. The molecule has 0 radical (unpaired) electrons. The van der Waals surface area contributed by atoms with Gasteiger partial charge < -0.3 is 19.4 Å². The molecular formula is C29H31F3N2O5. The number of fused-ring (bicyclic) bond motifs is 1. The summed E-state index contributed by atoms with van der Waals surface area (Å²) in [5.74, 6) is -1.03. The highest BCUT2D eigenvalue weighted by molar-refractivity contribution is 6.07. The van der Waals surface area contributed by atoms with E-state index < -0.39 is 35.5 Å². The quantitative estimate of drug-likeness (QED) is 0.330. The Bertz CT molecular complexity index is 1270. The van der Waals surface area contributed by atoms with Crippen LogP contribution in [0.15, 0.2) is 76.8 Å². The summed E-state index contributed by atoms with van der Waals surface area (Å²) in [6, 6.07) is 12.0. The number of rotatable bonds is 11. The molecule has 0 saturated heterocycles. The Labute approximate surface area is 225 Å². The molecule has 1 aromatic heterocycles. The van der Waals surface area contributed by atoms with Crippen molar-refractivity contribution < 1.29 is 37.4 Å². The van der Waals surface area contributed by atoms with E-state index in [0.29, 0.717) is 48.3 Å². The molecule has 1 aliphatic heterocycles. The van der Waals surface area contributed by atoms with Crippen molar-refractivity contribution in [2.45, 2.75) is 70.9 Å². The van der Waals surface area contributed by atoms with E-state index in [9.17, 15) is 23.1 Å². The number of aromatic nitrogens is 1. The standard InChI is InChI=1S/C29H31F3N2O5/c1-4-8-19-16-23-26(29(30,31)32)34-39-28(23,3)22(9-5-2)24(19)38-25(27(35)36)18-11-13-21(14-12-18)37-17-20-10-6-7-15-33-20/h6-7,10-16,22,25H,4-5,8-9,17H2,1-3H3,(H,35,36). The van der Waals surface area contributed by atoms with Crippen molar-refractivity contribution in [3.8, 4) is 5.75 Å². The van der Waals surface area contributed by atoms with E-state index >= 15 is 0 Å². The monoisotopic (exact) mass is 544 g/mol. The molecule has 10 heteroatoms. The van der Waals surface area contributed by atoms with Gasteiger partial charge in [-0.05, 0) is 55.7 Å². The highest BCUT2D eigenvalue weighted by atomic mass is 19.4. The average molecular weight is 545 g/mol. The Hall–Kier alpha value is -3.82. The zero-order valence-electron chi connectivity index (χ0n) is 22.0. The van der Waals surface area contributed by atoms with E-state index in [1.54, 1.807) is 43.5 Å². The third-order valence-corrected chi connectivity index (χ3v) is 6.86. The predicted octanol–water partition coefficient (Wildman–Crippen LogP) is 6.92. The smallest absolute Gasteiger partial charge is 0.437 e. The lowest BCUT2D eigenvalue weighted by Gasteiger charge is -2.39. The number of nitrogens with zero attached hydrogens (tertiary/aromatic N) is 2. The molecule has 1 aromatic carbocycles. The van der Waals surface area contributed by atoms with Crippen LogP contribution in [-0.4, -0.2) is 33.5 Å². The third kappa shape index (κ3) is 5.94. The van der Waals surface area contributed by atoms with Crippen molar-refractivity contribution in [3.63, 3.8) is 0 Å². The Morgan fingerprint density at radius 1 is 1.15 bits per heavy atom. The number of carbonyl (C=O) groups is 1. The molecule has 0 amide bonds. The Morgan fingerprint density at radius 3 is 2.49 bits per heavy atom. The van der Waals surface area contributed by atoms with Crippen LogP contribution in [0.3, 0.4) is 0 Å². The molecule has 1 aliphatic carbocycles. The summed E-state index contributed by atoms with van der Waals surface area (Å²) < 4.78 is 53.2. The van der Waals surface area contributed by atoms with Crippen LogP contribution in [0, 0.1) is 5.92 Å². The van der Waals surface area contributed by atoms with Crippen LogP contribution in [0.1, 0.15) is 63.8 Å². The number of alkyl halides is 3. The van der Waals surface area contributed by atoms with Crippen LogP contribution in [0.25, 0.3) is 0 Å². The average Bonchev–Trinajstić information content (AvgIpc) is 3.26. The molecule has 2 aliphatic rings. The first kappa shape index (κ1) is 28.2. The van der Waals surface area contributed by atoms with Crippen LogP contribution in [-0.2, 0) is 21.0 Å². The van der Waals surface area contributed by atoms with Gasteiger partial charge in [0.15, 0.2) is 11.3 Å². The van der Waals surface area contributed by atoms with Crippen molar-refractivity contribution in [1.29, 1.82) is 0 Å². The number of halogens is 3. The van der Waals surface area contributed by atoms with Gasteiger partial charge in [-0.1, -0.05) is 50.0 Å². The topological polar surface area (TPSA) is 90.2 Å². The molecule has 3 unspecified atom stereocenters. The van der Waals surface area contributed by atoms with E-state index in [2.05, 4.69) is 10.1 Å². The molecule has 0 saturated carbocycles. The summed E-state index contributed by atoms with van der Waals surface area (Å²) in [6.07, 6.45) is -0.917. The summed E-state index contributed by atoms with van der Waals surface area (Å²) in [7, 11) is 0. The first-order chi connectivity index (χ1) is 18.6. The van der Waals surface area contributed by atoms with Crippen LogP contribution < -0.4 is 4.74 Å². The van der Waals surface area contributed by atoms with Crippen molar-refractivity contribution in [3.05, 3.63) is 82.9 Å². The highest BCUT2D eigenvalue weighted by Crippen LogP contribution is 2.50.